The minimum atomic E-state index is -0.736. The first-order chi connectivity index (χ1) is 7.77. The van der Waals surface area contributed by atoms with Crippen LogP contribution in [0.3, 0.4) is 0 Å². The highest BCUT2D eigenvalue weighted by atomic mass is 32.2. The van der Waals surface area contributed by atoms with Crippen LogP contribution in [0.2, 0.25) is 0 Å². The number of carbonyl (C=O) groups excluding carboxylic acids is 2. The van der Waals surface area contributed by atoms with Crippen LogP contribution in [0.25, 0.3) is 0 Å². The highest BCUT2D eigenvalue weighted by Crippen LogP contribution is 2.12. The summed E-state index contributed by atoms with van der Waals surface area (Å²) < 4.78 is 9.24. The van der Waals surface area contributed by atoms with Gasteiger partial charge in [0.15, 0.2) is 0 Å². The Hall–Kier alpha value is -0.790. The Morgan fingerprint density at radius 2 is 1.18 bits per heavy atom. The van der Waals surface area contributed by atoms with Gasteiger partial charge in [0.05, 0.1) is 0 Å². The van der Waals surface area contributed by atoms with Crippen LogP contribution in [0.5, 0.6) is 0 Å². The molecule has 0 aromatic carbocycles. The predicted octanol–water partition coefficient (Wildman–Crippen LogP) is 0.603. The van der Waals surface area contributed by atoms with Gasteiger partial charge in [-0.2, -0.15) is 0 Å². The molecule has 0 aliphatic rings. The van der Waals surface area contributed by atoms with Gasteiger partial charge in [-0.05, 0) is 11.8 Å². The van der Waals surface area contributed by atoms with E-state index in [0.717, 1.165) is 0 Å². The van der Waals surface area contributed by atoms with Crippen molar-refractivity contribution in [1.82, 2.24) is 0 Å². The van der Waals surface area contributed by atoms with Crippen molar-refractivity contribution in [3.8, 4) is 0 Å². The van der Waals surface area contributed by atoms with Crippen LogP contribution < -0.4 is 11.5 Å². The maximum atomic E-state index is 11.3. The number of hydrogen-bond donors (Lipinski definition) is 2. The van der Waals surface area contributed by atoms with Crippen LogP contribution in [0.15, 0.2) is 0 Å². The average molecular weight is 264 g/mol. The Labute approximate surface area is 106 Å². The zero-order valence-electron chi connectivity index (χ0n) is 10.5. The van der Waals surface area contributed by atoms with Crippen molar-refractivity contribution in [1.29, 1.82) is 0 Å². The fourth-order valence-electron chi connectivity index (χ4n) is 0.740. The lowest BCUT2D eigenvalue weighted by Crippen LogP contribution is -2.37. The first-order valence-corrected chi connectivity index (χ1v) is 6.04. The Kier molecular flexibility index (Phi) is 7.17. The molecular formula is C10H20N2O4S. The average Bonchev–Trinajstić information content (AvgIpc) is 2.26. The summed E-state index contributed by atoms with van der Waals surface area (Å²) in [5.41, 5.74) is 11.1. The molecule has 0 aliphatic heterocycles. The number of rotatable bonds is 6. The maximum Gasteiger partial charge on any atom is 0.337 e. The second-order valence-electron chi connectivity index (χ2n) is 4.41. The molecule has 0 unspecified atom stereocenters. The molecule has 0 rings (SSSR count). The van der Waals surface area contributed by atoms with Gasteiger partial charge in [0.25, 0.3) is 12.3 Å². The predicted molar refractivity (Wildman–Crippen MR) is 65.4 cm³/mol. The van der Waals surface area contributed by atoms with E-state index in [4.69, 9.17) is 11.5 Å². The fourth-order valence-corrected chi connectivity index (χ4v) is 1.13. The Bertz CT molecular complexity index is 245. The Morgan fingerprint density at radius 1 is 0.882 bits per heavy atom. The summed E-state index contributed by atoms with van der Waals surface area (Å²) in [6.07, 6.45) is 0. The molecule has 0 radical (unpaired) electrons. The van der Waals surface area contributed by atoms with Crippen molar-refractivity contribution in [3.05, 3.63) is 0 Å². The zero-order valence-corrected chi connectivity index (χ0v) is 11.3. The molecule has 0 saturated heterocycles. The molecule has 100 valence electrons. The van der Waals surface area contributed by atoms with Crippen molar-refractivity contribution in [2.75, 3.05) is 0 Å². The maximum absolute atomic E-state index is 11.3. The van der Waals surface area contributed by atoms with Crippen LogP contribution in [0.4, 0.5) is 0 Å². The summed E-state index contributed by atoms with van der Waals surface area (Å²) in [6.45, 7) is 7.16. The topological polar surface area (TPSA) is 105 Å². The van der Waals surface area contributed by atoms with Crippen molar-refractivity contribution < 1.29 is 18.0 Å². The summed E-state index contributed by atoms with van der Waals surface area (Å²) in [5.74, 6) is -1.35. The molecule has 0 spiro atoms. The second-order valence-corrected chi connectivity index (χ2v) is 4.88. The lowest BCUT2D eigenvalue weighted by molar-refractivity contribution is -0.138. The van der Waals surface area contributed by atoms with Crippen molar-refractivity contribution in [2.45, 2.75) is 39.8 Å². The van der Waals surface area contributed by atoms with E-state index in [1.807, 2.05) is 0 Å². The van der Waals surface area contributed by atoms with Crippen LogP contribution in [-0.4, -0.2) is 24.0 Å². The lowest BCUT2D eigenvalue weighted by atomic mass is 10.1. The molecule has 7 heteroatoms. The molecule has 0 aromatic heterocycles. The smallest absolute Gasteiger partial charge is 0.337 e. The van der Waals surface area contributed by atoms with Gasteiger partial charge in [0, 0.05) is 0 Å². The molecule has 0 amide bonds. The Balaban J connectivity index is 3.92. The van der Waals surface area contributed by atoms with Crippen LogP contribution in [0.1, 0.15) is 27.7 Å². The van der Waals surface area contributed by atoms with E-state index >= 15 is 0 Å². The molecule has 0 bridgehead atoms. The first kappa shape index (κ1) is 16.2. The highest BCUT2D eigenvalue weighted by molar-refractivity contribution is 7.90. The Morgan fingerprint density at radius 3 is 1.41 bits per heavy atom. The molecule has 2 atom stereocenters. The molecule has 0 saturated carbocycles. The molecule has 0 aromatic rings. The molecule has 17 heavy (non-hydrogen) atoms. The van der Waals surface area contributed by atoms with Crippen LogP contribution in [0, 0.1) is 11.8 Å². The van der Waals surface area contributed by atoms with E-state index in [-0.39, 0.29) is 11.8 Å². The summed E-state index contributed by atoms with van der Waals surface area (Å²) >= 11 is 0.302. The standard InChI is InChI=1S/C10H20N2O4S/c1-5(2)7(11)9(13)15-17-16-10(14)8(12)6(3)4/h5-8H,11-12H2,1-4H3/t7-,8-/m0/s1. The largest absolute Gasteiger partial charge is 0.353 e. The third-order valence-electron chi connectivity index (χ3n) is 2.21. The van der Waals surface area contributed by atoms with E-state index in [2.05, 4.69) is 8.37 Å². The minimum absolute atomic E-state index is 0.0447. The number of hydrogen-bond acceptors (Lipinski definition) is 7. The molecule has 0 heterocycles. The quantitative estimate of drug-likeness (QED) is 0.677. The van der Waals surface area contributed by atoms with Gasteiger partial charge in [-0.15, -0.1) is 0 Å². The summed E-state index contributed by atoms with van der Waals surface area (Å²) in [7, 11) is 0. The van der Waals surface area contributed by atoms with E-state index in [0.29, 0.717) is 12.3 Å². The minimum Gasteiger partial charge on any atom is -0.353 e. The number of nitrogens with two attached hydrogens (primary N) is 2. The van der Waals surface area contributed by atoms with Gasteiger partial charge in [-0.25, -0.2) is 9.59 Å². The normalized spacial score (nSPS) is 14.6. The van der Waals surface area contributed by atoms with E-state index in [1.54, 1.807) is 27.7 Å². The highest BCUT2D eigenvalue weighted by Gasteiger charge is 2.23. The van der Waals surface area contributed by atoms with Gasteiger partial charge in [-0.3, -0.25) is 0 Å². The second kappa shape index (κ2) is 7.52. The lowest BCUT2D eigenvalue weighted by Gasteiger charge is -2.14. The van der Waals surface area contributed by atoms with E-state index in [1.165, 1.54) is 0 Å². The van der Waals surface area contributed by atoms with Gasteiger partial charge in [0.1, 0.15) is 12.1 Å². The SMILES string of the molecule is CC(C)[C@H](N)C(=O)OSOC(=O)[C@@H](N)C(C)C. The van der Waals surface area contributed by atoms with Crippen LogP contribution >= 0.6 is 12.3 Å². The third-order valence-corrected chi connectivity index (χ3v) is 2.68. The monoisotopic (exact) mass is 264 g/mol. The summed E-state index contributed by atoms with van der Waals surface area (Å²) in [5, 5.41) is 0. The van der Waals surface area contributed by atoms with E-state index in [9.17, 15) is 9.59 Å². The van der Waals surface area contributed by atoms with Crippen molar-refractivity contribution >= 4 is 24.3 Å². The molecule has 0 fully saturated rings. The van der Waals surface area contributed by atoms with Crippen LogP contribution in [-0.2, 0) is 18.0 Å². The van der Waals surface area contributed by atoms with Gasteiger partial charge in [0.2, 0.25) is 0 Å². The van der Waals surface area contributed by atoms with E-state index < -0.39 is 24.0 Å². The molecule has 6 nitrogen and oxygen atoms in total. The molecular weight excluding hydrogens is 244 g/mol. The van der Waals surface area contributed by atoms with Crippen molar-refractivity contribution in [3.63, 3.8) is 0 Å². The van der Waals surface area contributed by atoms with Gasteiger partial charge in [-0.1, -0.05) is 27.7 Å². The number of carbonyl (C=O) groups is 2. The summed E-state index contributed by atoms with van der Waals surface area (Å²) in [6, 6.07) is -1.47. The molecule has 4 N–H and O–H groups in total. The third kappa shape index (κ3) is 5.90. The van der Waals surface area contributed by atoms with Gasteiger partial charge < -0.3 is 19.8 Å². The fraction of sp³-hybridized carbons (Fsp3) is 0.800. The molecule has 0 aliphatic carbocycles. The van der Waals surface area contributed by atoms with Gasteiger partial charge >= 0.3 is 11.9 Å². The first-order valence-electron chi connectivity index (χ1n) is 5.37. The van der Waals surface area contributed by atoms with Crippen molar-refractivity contribution in [2.24, 2.45) is 23.3 Å². The zero-order chi connectivity index (χ0) is 13.6. The summed E-state index contributed by atoms with van der Waals surface area (Å²) in [4.78, 5) is 22.6.